The molecule has 0 spiro atoms. The number of carboxylic acids is 1. The number of carbonyl (C=O) groups is 3. The van der Waals surface area contributed by atoms with Crippen LogP contribution in [0.25, 0.3) is 0 Å². The summed E-state index contributed by atoms with van der Waals surface area (Å²) in [4.78, 5) is 38.1. The Morgan fingerprint density at radius 3 is 2.62 bits per heavy atom. The second kappa shape index (κ2) is 8.89. The third kappa shape index (κ3) is 4.82. The summed E-state index contributed by atoms with van der Waals surface area (Å²) >= 11 is 0. The fourth-order valence-electron chi connectivity index (χ4n) is 3.66. The molecule has 2 amide bonds. The van der Waals surface area contributed by atoms with Gasteiger partial charge < -0.3 is 15.3 Å². The number of carbonyl (C=O) groups excluding carboxylic acids is 2. The molecule has 0 saturated carbocycles. The normalized spacial score (nSPS) is 16.5. The van der Waals surface area contributed by atoms with Crippen molar-refractivity contribution < 1.29 is 19.5 Å². The number of amides is 2. The second-order valence-electron chi connectivity index (χ2n) is 7.36. The van der Waals surface area contributed by atoms with Gasteiger partial charge in [0.15, 0.2) is 0 Å². The Bertz CT molecular complexity index is 907. The molecule has 1 saturated heterocycles. The van der Waals surface area contributed by atoms with Crippen molar-refractivity contribution in [3.8, 4) is 0 Å². The van der Waals surface area contributed by atoms with Crippen LogP contribution in [-0.2, 0) is 16.1 Å². The predicted octanol–water partition coefficient (Wildman–Crippen LogP) is 2.47. The summed E-state index contributed by atoms with van der Waals surface area (Å²) in [7, 11) is 0. The molecule has 1 fully saturated rings. The fraction of sp³-hybridized carbons (Fsp3) is 0.429. The lowest BCUT2D eigenvalue weighted by Crippen LogP contribution is -2.43. The summed E-state index contributed by atoms with van der Waals surface area (Å²) < 4.78 is 1.60. The molecule has 8 nitrogen and oxygen atoms in total. The molecule has 2 aromatic rings. The van der Waals surface area contributed by atoms with Crippen LogP contribution >= 0.6 is 0 Å². The van der Waals surface area contributed by atoms with Crippen LogP contribution in [0.3, 0.4) is 0 Å². The third-order valence-corrected chi connectivity index (χ3v) is 5.27. The Morgan fingerprint density at radius 1 is 1.21 bits per heavy atom. The maximum absolute atomic E-state index is 12.9. The molecule has 1 aliphatic rings. The van der Waals surface area contributed by atoms with Crippen LogP contribution in [0.2, 0.25) is 0 Å². The Labute approximate surface area is 169 Å². The van der Waals surface area contributed by atoms with Crippen LogP contribution in [0.1, 0.15) is 41.0 Å². The maximum Gasteiger partial charge on any atom is 0.305 e. The van der Waals surface area contributed by atoms with E-state index in [1.54, 1.807) is 28.6 Å². The minimum atomic E-state index is -0.895. The Hall–Kier alpha value is -3.16. The molecule has 0 aliphatic carbocycles. The van der Waals surface area contributed by atoms with Crippen molar-refractivity contribution >= 4 is 23.5 Å². The number of benzene rings is 1. The van der Waals surface area contributed by atoms with Gasteiger partial charge in [-0.25, -0.2) is 0 Å². The summed E-state index contributed by atoms with van der Waals surface area (Å²) in [5.41, 5.74) is 2.62. The van der Waals surface area contributed by atoms with Crippen molar-refractivity contribution in [2.45, 2.75) is 39.7 Å². The minimum absolute atomic E-state index is 0.0332. The molecular weight excluding hydrogens is 372 g/mol. The molecule has 2 N–H and O–H groups in total. The summed E-state index contributed by atoms with van der Waals surface area (Å²) in [5.74, 6) is -1.39. The quantitative estimate of drug-likeness (QED) is 0.778. The van der Waals surface area contributed by atoms with Crippen molar-refractivity contribution in [2.75, 3.05) is 18.4 Å². The van der Waals surface area contributed by atoms with Crippen molar-refractivity contribution in [2.24, 2.45) is 5.92 Å². The second-order valence-corrected chi connectivity index (χ2v) is 7.36. The average Bonchev–Trinajstić information content (AvgIpc) is 3.00. The highest BCUT2D eigenvalue weighted by molar-refractivity contribution is 5.96. The molecule has 0 bridgehead atoms. The van der Waals surface area contributed by atoms with Gasteiger partial charge in [0, 0.05) is 18.7 Å². The molecule has 1 atom stereocenters. The molecule has 1 aliphatic heterocycles. The summed E-state index contributed by atoms with van der Waals surface area (Å²) in [6, 6.07) is 9.09. The molecule has 0 radical (unpaired) electrons. The van der Waals surface area contributed by atoms with Gasteiger partial charge >= 0.3 is 5.97 Å². The number of aromatic nitrogens is 2. The molecular formula is C21H26N4O4. The third-order valence-electron chi connectivity index (χ3n) is 5.27. The standard InChI is InChI=1S/C21H26N4O4/c1-14-19(15(2)25(23-14)12-10-18(26)27)22-20(28)17-9-6-11-24(13-17)21(29)16-7-4-3-5-8-16/h3-5,7-8,17H,6,9-13H2,1-2H3,(H,22,28)(H,26,27). The van der Waals surface area contributed by atoms with Gasteiger partial charge in [0.1, 0.15) is 0 Å². The minimum Gasteiger partial charge on any atom is -0.481 e. The molecule has 1 aromatic heterocycles. The average molecular weight is 398 g/mol. The number of carboxylic acid groups (broad SMARTS) is 1. The molecule has 1 unspecified atom stereocenters. The zero-order valence-corrected chi connectivity index (χ0v) is 16.7. The van der Waals surface area contributed by atoms with E-state index in [0.717, 1.165) is 18.5 Å². The number of hydrogen-bond donors (Lipinski definition) is 2. The number of anilines is 1. The van der Waals surface area contributed by atoms with E-state index in [4.69, 9.17) is 5.11 Å². The largest absolute Gasteiger partial charge is 0.481 e. The summed E-state index contributed by atoms with van der Waals surface area (Å²) in [5, 5.41) is 16.2. The van der Waals surface area contributed by atoms with E-state index in [2.05, 4.69) is 10.4 Å². The number of rotatable bonds is 6. The van der Waals surface area contributed by atoms with Crippen LogP contribution < -0.4 is 5.32 Å². The van der Waals surface area contributed by atoms with Gasteiger partial charge in [0.25, 0.3) is 5.91 Å². The number of nitrogens with zero attached hydrogens (tertiary/aromatic N) is 3. The summed E-state index contributed by atoms with van der Waals surface area (Å²) in [6.07, 6.45) is 1.46. The molecule has 29 heavy (non-hydrogen) atoms. The molecule has 2 heterocycles. The van der Waals surface area contributed by atoms with Crippen molar-refractivity contribution in [3.63, 3.8) is 0 Å². The van der Waals surface area contributed by atoms with Crippen LogP contribution in [-0.4, -0.2) is 50.7 Å². The van der Waals surface area contributed by atoms with E-state index >= 15 is 0 Å². The highest BCUT2D eigenvalue weighted by Gasteiger charge is 2.29. The highest BCUT2D eigenvalue weighted by atomic mass is 16.4. The van der Waals surface area contributed by atoms with E-state index in [1.165, 1.54) is 0 Å². The lowest BCUT2D eigenvalue weighted by molar-refractivity contribution is -0.137. The number of likely N-dealkylation sites (tertiary alicyclic amines) is 1. The van der Waals surface area contributed by atoms with E-state index in [9.17, 15) is 14.4 Å². The first-order valence-corrected chi connectivity index (χ1v) is 9.77. The number of aryl methyl sites for hydroxylation is 2. The van der Waals surface area contributed by atoms with E-state index < -0.39 is 5.97 Å². The first-order valence-electron chi connectivity index (χ1n) is 9.77. The Kier molecular flexibility index (Phi) is 6.31. The lowest BCUT2D eigenvalue weighted by atomic mass is 9.96. The van der Waals surface area contributed by atoms with Crippen molar-refractivity contribution in [3.05, 3.63) is 47.3 Å². The SMILES string of the molecule is Cc1nn(CCC(=O)O)c(C)c1NC(=O)C1CCCN(C(=O)c2ccccc2)C1. The highest BCUT2D eigenvalue weighted by Crippen LogP contribution is 2.24. The molecule has 154 valence electrons. The summed E-state index contributed by atoms with van der Waals surface area (Å²) in [6.45, 7) is 4.86. The molecule has 1 aromatic carbocycles. The number of hydrogen-bond acceptors (Lipinski definition) is 4. The van der Waals surface area contributed by atoms with E-state index in [1.807, 2.05) is 25.1 Å². The maximum atomic E-state index is 12.9. The fourth-order valence-corrected chi connectivity index (χ4v) is 3.66. The van der Waals surface area contributed by atoms with Crippen molar-refractivity contribution in [1.82, 2.24) is 14.7 Å². The first-order chi connectivity index (χ1) is 13.9. The molecule has 8 heteroatoms. The van der Waals surface area contributed by atoms with Gasteiger partial charge in [0.05, 0.1) is 36.0 Å². The van der Waals surface area contributed by atoms with Gasteiger partial charge in [-0.1, -0.05) is 18.2 Å². The number of aliphatic carboxylic acids is 1. The van der Waals surface area contributed by atoms with Gasteiger partial charge in [-0.3, -0.25) is 19.1 Å². The van der Waals surface area contributed by atoms with E-state index in [-0.39, 0.29) is 30.7 Å². The van der Waals surface area contributed by atoms with Crippen LogP contribution in [0.4, 0.5) is 5.69 Å². The van der Waals surface area contributed by atoms with Gasteiger partial charge in [-0.15, -0.1) is 0 Å². The number of piperidine rings is 1. The predicted molar refractivity (Wildman–Crippen MR) is 108 cm³/mol. The Balaban J connectivity index is 1.66. The monoisotopic (exact) mass is 398 g/mol. The van der Waals surface area contributed by atoms with E-state index in [0.29, 0.717) is 30.0 Å². The first kappa shape index (κ1) is 20.6. The van der Waals surface area contributed by atoms with Gasteiger partial charge in [0.2, 0.25) is 5.91 Å². The molecule has 3 rings (SSSR count). The zero-order chi connectivity index (χ0) is 21.0. The Morgan fingerprint density at radius 2 is 1.93 bits per heavy atom. The lowest BCUT2D eigenvalue weighted by Gasteiger charge is -2.32. The smallest absolute Gasteiger partial charge is 0.305 e. The topological polar surface area (TPSA) is 105 Å². The van der Waals surface area contributed by atoms with Gasteiger partial charge in [-0.05, 0) is 38.8 Å². The zero-order valence-electron chi connectivity index (χ0n) is 16.7. The van der Waals surface area contributed by atoms with Crippen LogP contribution in [0.5, 0.6) is 0 Å². The van der Waals surface area contributed by atoms with Crippen molar-refractivity contribution in [1.29, 1.82) is 0 Å². The number of nitrogens with one attached hydrogen (secondary N) is 1. The van der Waals surface area contributed by atoms with Crippen LogP contribution in [0, 0.1) is 19.8 Å². The van der Waals surface area contributed by atoms with Crippen LogP contribution in [0.15, 0.2) is 30.3 Å². The van der Waals surface area contributed by atoms with Gasteiger partial charge in [-0.2, -0.15) is 5.10 Å².